The molecule has 1 atom stereocenters. The third-order valence-electron chi connectivity index (χ3n) is 1.54. The Balaban J connectivity index is 4.30. The second-order valence-corrected chi connectivity index (χ2v) is 4.73. The molecule has 0 aromatic carbocycles. The van der Waals surface area contributed by atoms with Gasteiger partial charge in [0.05, 0.1) is 0 Å². The summed E-state index contributed by atoms with van der Waals surface area (Å²) in [6.07, 6.45) is -1.28. The highest BCUT2D eigenvalue weighted by Crippen LogP contribution is 2.30. The van der Waals surface area contributed by atoms with Gasteiger partial charge in [-0.3, -0.25) is 9.59 Å². The van der Waals surface area contributed by atoms with E-state index in [4.69, 9.17) is 10.2 Å². The van der Waals surface area contributed by atoms with Crippen LogP contribution < -0.4 is 0 Å². The highest BCUT2D eigenvalue weighted by molar-refractivity contribution is 9.09. The van der Waals surface area contributed by atoms with Crippen molar-refractivity contribution in [2.24, 2.45) is 5.92 Å². The first-order valence-corrected chi connectivity index (χ1v) is 5.09. The maximum Gasteiger partial charge on any atom is 0.322 e. The van der Waals surface area contributed by atoms with Crippen molar-refractivity contribution in [1.82, 2.24) is 0 Å². The number of halogens is 4. The topological polar surface area (TPSA) is 74.6 Å². The molecule has 0 spiro atoms. The molecule has 0 aliphatic rings. The van der Waals surface area contributed by atoms with Crippen LogP contribution >= 0.6 is 27.5 Å². The van der Waals surface area contributed by atoms with E-state index in [9.17, 15) is 18.4 Å². The molecule has 1 unspecified atom stereocenters. The summed E-state index contributed by atoms with van der Waals surface area (Å²) in [5, 5.41) is 13.5. The van der Waals surface area contributed by atoms with Crippen LogP contribution in [-0.2, 0) is 9.59 Å². The van der Waals surface area contributed by atoms with Gasteiger partial charge in [0, 0.05) is 11.2 Å². The standard InChI is InChI=1S/C7H8BrClF2O4/c8-3(2-7(9,10)11)1-4(5(12)13)6(14)15/h3-4H,1-2H2,(H,12,13)(H,14,15). The van der Waals surface area contributed by atoms with Crippen LogP contribution in [0.1, 0.15) is 12.8 Å². The van der Waals surface area contributed by atoms with Gasteiger partial charge in [0.25, 0.3) is 0 Å². The second kappa shape index (κ2) is 5.60. The SMILES string of the molecule is O=C(O)C(CC(Br)CC(F)(F)Cl)C(=O)O. The van der Waals surface area contributed by atoms with Crippen molar-refractivity contribution in [2.75, 3.05) is 0 Å². The van der Waals surface area contributed by atoms with Crippen LogP contribution in [-0.4, -0.2) is 32.4 Å². The zero-order valence-corrected chi connectivity index (χ0v) is 9.63. The average Bonchev–Trinajstić information content (AvgIpc) is 1.95. The summed E-state index contributed by atoms with van der Waals surface area (Å²) in [6, 6.07) is 0. The number of carboxylic acid groups (broad SMARTS) is 2. The van der Waals surface area contributed by atoms with E-state index >= 15 is 0 Å². The zero-order chi connectivity index (χ0) is 12.2. The van der Waals surface area contributed by atoms with E-state index in [0.717, 1.165) is 0 Å². The van der Waals surface area contributed by atoms with E-state index in [2.05, 4.69) is 27.5 Å². The molecular weight excluding hydrogens is 301 g/mol. The second-order valence-electron chi connectivity index (χ2n) is 2.88. The lowest BCUT2D eigenvalue weighted by Crippen LogP contribution is -2.27. The molecule has 15 heavy (non-hydrogen) atoms. The Bertz CT molecular complexity index is 242. The fourth-order valence-corrected chi connectivity index (χ4v) is 2.05. The molecule has 0 heterocycles. The molecule has 0 bridgehead atoms. The quantitative estimate of drug-likeness (QED) is 0.582. The molecule has 0 aliphatic carbocycles. The van der Waals surface area contributed by atoms with Crippen LogP contribution in [0.3, 0.4) is 0 Å². The van der Waals surface area contributed by atoms with Crippen LogP contribution in [0, 0.1) is 5.92 Å². The minimum atomic E-state index is -3.48. The van der Waals surface area contributed by atoms with Crippen LogP contribution in [0.5, 0.6) is 0 Å². The van der Waals surface area contributed by atoms with Gasteiger partial charge in [-0.1, -0.05) is 15.9 Å². The van der Waals surface area contributed by atoms with Crippen molar-refractivity contribution in [1.29, 1.82) is 0 Å². The first-order valence-electron chi connectivity index (χ1n) is 3.80. The Morgan fingerprint density at radius 2 is 1.73 bits per heavy atom. The molecule has 2 N–H and O–H groups in total. The summed E-state index contributed by atoms with van der Waals surface area (Å²) in [4.78, 5) is 19.9. The van der Waals surface area contributed by atoms with E-state index in [1.807, 2.05) is 0 Å². The van der Waals surface area contributed by atoms with E-state index < -0.39 is 40.9 Å². The highest BCUT2D eigenvalue weighted by atomic mass is 79.9. The molecule has 0 saturated carbocycles. The van der Waals surface area contributed by atoms with Crippen molar-refractivity contribution in [2.45, 2.75) is 23.1 Å². The highest BCUT2D eigenvalue weighted by Gasteiger charge is 2.34. The van der Waals surface area contributed by atoms with Crippen molar-refractivity contribution in [3.63, 3.8) is 0 Å². The van der Waals surface area contributed by atoms with Crippen molar-refractivity contribution < 1.29 is 28.6 Å². The van der Waals surface area contributed by atoms with E-state index in [1.54, 1.807) is 0 Å². The Kier molecular flexibility index (Phi) is 5.44. The Morgan fingerprint density at radius 1 is 1.33 bits per heavy atom. The molecule has 0 aliphatic heterocycles. The molecule has 0 rings (SSSR count). The molecule has 8 heteroatoms. The number of hydrogen-bond acceptors (Lipinski definition) is 2. The van der Waals surface area contributed by atoms with Gasteiger partial charge in [0.15, 0.2) is 5.92 Å². The third-order valence-corrected chi connectivity index (χ3v) is 2.39. The smallest absolute Gasteiger partial charge is 0.322 e. The Hall–Kier alpha value is -0.430. The number of alkyl halides is 4. The minimum absolute atomic E-state index is 0.451. The first kappa shape index (κ1) is 14.6. The van der Waals surface area contributed by atoms with Gasteiger partial charge in [-0.15, -0.1) is 0 Å². The predicted molar refractivity (Wildman–Crippen MR) is 51.5 cm³/mol. The number of aliphatic carboxylic acids is 2. The third kappa shape index (κ3) is 6.62. The summed E-state index contributed by atoms with van der Waals surface area (Å²) in [5.74, 6) is -4.84. The minimum Gasteiger partial charge on any atom is -0.481 e. The largest absolute Gasteiger partial charge is 0.481 e. The summed E-state index contributed by atoms with van der Waals surface area (Å²) in [7, 11) is 0. The van der Waals surface area contributed by atoms with Crippen molar-refractivity contribution in [3.05, 3.63) is 0 Å². The lowest BCUT2D eigenvalue weighted by molar-refractivity contribution is -0.154. The first-order chi connectivity index (χ1) is 6.63. The van der Waals surface area contributed by atoms with Gasteiger partial charge in [0.1, 0.15) is 0 Å². The van der Waals surface area contributed by atoms with Gasteiger partial charge in [0.2, 0.25) is 0 Å². The maximum atomic E-state index is 12.3. The Labute approximate surface area is 97.3 Å². The number of carbonyl (C=O) groups is 2. The van der Waals surface area contributed by atoms with Gasteiger partial charge < -0.3 is 10.2 Å². The monoisotopic (exact) mass is 308 g/mol. The van der Waals surface area contributed by atoms with Gasteiger partial charge in [-0.25, -0.2) is 0 Å². The molecule has 0 aromatic heterocycles. The number of rotatable bonds is 6. The van der Waals surface area contributed by atoms with E-state index in [1.165, 1.54) is 0 Å². The van der Waals surface area contributed by atoms with Crippen LogP contribution in [0.25, 0.3) is 0 Å². The lowest BCUT2D eigenvalue weighted by atomic mass is 10.0. The molecular formula is C7H8BrClF2O4. The lowest BCUT2D eigenvalue weighted by Gasteiger charge is -2.15. The molecule has 0 amide bonds. The van der Waals surface area contributed by atoms with Crippen LogP contribution in [0.4, 0.5) is 8.78 Å². The van der Waals surface area contributed by atoms with E-state index in [0.29, 0.717) is 0 Å². The average molecular weight is 309 g/mol. The van der Waals surface area contributed by atoms with Gasteiger partial charge in [-0.2, -0.15) is 8.78 Å². The molecule has 0 aromatic rings. The molecule has 88 valence electrons. The fraction of sp³-hybridized carbons (Fsp3) is 0.714. The summed E-state index contributed by atoms with van der Waals surface area (Å²) < 4.78 is 24.5. The molecule has 0 fully saturated rings. The number of carboxylic acids is 2. The van der Waals surface area contributed by atoms with Crippen molar-refractivity contribution >= 4 is 39.5 Å². The summed E-state index contributed by atoms with van der Waals surface area (Å²) in [6.45, 7) is 0. The van der Waals surface area contributed by atoms with Gasteiger partial charge in [-0.05, 0) is 18.0 Å². The van der Waals surface area contributed by atoms with Crippen molar-refractivity contribution in [3.8, 4) is 0 Å². The number of hydrogen-bond donors (Lipinski definition) is 2. The molecule has 0 saturated heterocycles. The molecule has 0 radical (unpaired) electrons. The van der Waals surface area contributed by atoms with Crippen LogP contribution in [0.15, 0.2) is 0 Å². The molecule has 4 nitrogen and oxygen atoms in total. The predicted octanol–water partition coefficient (Wildman–Crippen LogP) is 2.15. The zero-order valence-electron chi connectivity index (χ0n) is 7.29. The van der Waals surface area contributed by atoms with Gasteiger partial charge >= 0.3 is 17.3 Å². The normalized spacial score (nSPS) is 13.9. The fourth-order valence-electron chi connectivity index (χ4n) is 0.897. The Morgan fingerprint density at radius 3 is 2.00 bits per heavy atom. The summed E-state index contributed by atoms with van der Waals surface area (Å²) in [5.41, 5.74) is 0. The summed E-state index contributed by atoms with van der Waals surface area (Å²) >= 11 is 7.37. The maximum absolute atomic E-state index is 12.3. The van der Waals surface area contributed by atoms with Crippen LogP contribution in [0.2, 0.25) is 0 Å². The van der Waals surface area contributed by atoms with E-state index in [-0.39, 0.29) is 0 Å².